The van der Waals surface area contributed by atoms with Gasteiger partial charge >= 0.3 is 0 Å². The fourth-order valence-corrected chi connectivity index (χ4v) is 0.278. The number of nitrogens with one attached hydrogen (secondary N) is 1. The molecule has 46 valence electrons. The maximum absolute atomic E-state index is 2.89. The zero-order valence-electron chi connectivity index (χ0n) is 5.68. The molecule has 0 bridgehead atoms. The van der Waals surface area contributed by atoms with E-state index in [1.54, 1.807) is 0 Å². The topological polar surface area (TPSA) is 15.0 Å². The summed E-state index contributed by atoms with van der Waals surface area (Å²) in [5.41, 5.74) is 0. The van der Waals surface area contributed by atoms with Gasteiger partial charge in [-0.3, -0.25) is 0 Å². The van der Waals surface area contributed by atoms with Crippen molar-refractivity contribution in [3.05, 3.63) is 12.4 Å². The molecule has 0 aliphatic carbocycles. The van der Waals surface area contributed by atoms with Crippen molar-refractivity contribution in [2.75, 3.05) is 14.1 Å². The second-order valence-electron chi connectivity index (χ2n) is 1.53. The van der Waals surface area contributed by atoms with Crippen LogP contribution >= 0.6 is 0 Å². The van der Waals surface area contributed by atoms with Crippen molar-refractivity contribution in [3.8, 4) is 0 Å². The van der Waals surface area contributed by atoms with E-state index in [-0.39, 0.29) is 0 Å². The maximum Gasteiger partial charge on any atom is 0.183 e. The minimum absolute atomic E-state index is 1.88. The van der Waals surface area contributed by atoms with Crippen LogP contribution in [0.4, 0.5) is 0 Å². The Kier molecular flexibility index (Phi) is 3.94. The maximum atomic E-state index is 2.89. The Balaban J connectivity index is 3.53. The first kappa shape index (κ1) is 7.21. The van der Waals surface area contributed by atoms with Crippen LogP contribution in [0.3, 0.4) is 0 Å². The first-order valence-electron chi connectivity index (χ1n) is 2.66. The molecule has 0 aromatic rings. The molecule has 8 heavy (non-hydrogen) atoms. The van der Waals surface area contributed by atoms with E-state index in [1.165, 1.54) is 0 Å². The average Bonchev–Trinajstić information content (AvgIpc) is 1.83. The molecule has 2 nitrogen and oxygen atoms in total. The SMILES string of the molecule is CC=[N+](C)/C=C\NC. The predicted molar refractivity (Wildman–Crippen MR) is 36.1 cm³/mol. The lowest BCUT2D eigenvalue weighted by Gasteiger charge is -1.82. The molecule has 0 fully saturated rings. The summed E-state index contributed by atoms with van der Waals surface area (Å²) in [6.07, 6.45) is 5.80. The van der Waals surface area contributed by atoms with Gasteiger partial charge in [0.05, 0.1) is 6.20 Å². The second-order valence-corrected chi connectivity index (χ2v) is 1.53. The number of hydrogen-bond acceptors (Lipinski definition) is 1. The minimum Gasteiger partial charge on any atom is -0.389 e. The first-order valence-corrected chi connectivity index (χ1v) is 2.66. The van der Waals surface area contributed by atoms with E-state index >= 15 is 0 Å². The largest absolute Gasteiger partial charge is 0.389 e. The molecule has 0 aromatic heterocycles. The van der Waals surface area contributed by atoms with Gasteiger partial charge in [-0.1, -0.05) is 0 Å². The molecule has 0 aliphatic heterocycles. The predicted octanol–water partition coefficient (Wildman–Crippen LogP) is 0.410. The summed E-state index contributed by atoms with van der Waals surface area (Å²) in [7, 11) is 3.86. The van der Waals surface area contributed by atoms with E-state index in [1.807, 2.05) is 44.2 Å². The van der Waals surface area contributed by atoms with Gasteiger partial charge in [-0.25, -0.2) is 4.58 Å². The van der Waals surface area contributed by atoms with Crippen LogP contribution in [0.25, 0.3) is 0 Å². The van der Waals surface area contributed by atoms with Crippen LogP contribution in [0.1, 0.15) is 6.92 Å². The average molecular weight is 113 g/mol. The fourth-order valence-electron chi connectivity index (χ4n) is 0.278. The monoisotopic (exact) mass is 113 g/mol. The van der Waals surface area contributed by atoms with Crippen molar-refractivity contribution in [1.29, 1.82) is 0 Å². The van der Waals surface area contributed by atoms with Gasteiger partial charge < -0.3 is 5.32 Å². The molecule has 0 amide bonds. The number of rotatable bonds is 2. The van der Waals surface area contributed by atoms with Crippen molar-refractivity contribution < 1.29 is 4.58 Å². The summed E-state index contributed by atoms with van der Waals surface area (Å²) in [4.78, 5) is 0. The third kappa shape index (κ3) is 3.40. The smallest absolute Gasteiger partial charge is 0.183 e. The summed E-state index contributed by atoms with van der Waals surface area (Å²) in [5, 5.41) is 2.89. The number of nitrogens with zero attached hydrogens (tertiary/aromatic N) is 1. The van der Waals surface area contributed by atoms with Gasteiger partial charge in [0.25, 0.3) is 0 Å². The standard InChI is InChI=1S/C6H13N2/c1-4-8(3)6-5-7-2/h4-7H,1-3H3/q+1/b6-5-,8-4?. The van der Waals surface area contributed by atoms with Crippen molar-refractivity contribution >= 4 is 6.21 Å². The zero-order valence-corrected chi connectivity index (χ0v) is 5.68. The lowest BCUT2D eigenvalue weighted by Crippen LogP contribution is -1.98. The Labute approximate surface area is 50.5 Å². The fraction of sp³-hybridized carbons (Fsp3) is 0.500. The zero-order chi connectivity index (χ0) is 6.41. The third-order valence-corrected chi connectivity index (χ3v) is 0.884. The molecule has 0 spiro atoms. The van der Waals surface area contributed by atoms with Crippen LogP contribution in [0, 0.1) is 0 Å². The molecule has 0 radical (unpaired) electrons. The Morgan fingerprint density at radius 3 is 2.50 bits per heavy atom. The Morgan fingerprint density at radius 2 is 2.12 bits per heavy atom. The van der Waals surface area contributed by atoms with Gasteiger partial charge in [-0.15, -0.1) is 0 Å². The van der Waals surface area contributed by atoms with Gasteiger partial charge in [0, 0.05) is 14.0 Å². The molecule has 0 aromatic carbocycles. The van der Waals surface area contributed by atoms with Crippen LogP contribution in [0.15, 0.2) is 12.4 Å². The summed E-state index contributed by atoms with van der Waals surface area (Å²) in [6.45, 7) is 1.99. The molecule has 0 aliphatic rings. The quantitative estimate of drug-likeness (QED) is 0.405. The van der Waals surface area contributed by atoms with Crippen molar-refractivity contribution in [2.45, 2.75) is 6.92 Å². The molecule has 0 atom stereocenters. The van der Waals surface area contributed by atoms with Crippen LogP contribution in [0.2, 0.25) is 0 Å². The second kappa shape index (κ2) is 4.37. The van der Waals surface area contributed by atoms with E-state index in [0.717, 1.165) is 0 Å². The van der Waals surface area contributed by atoms with Crippen molar-refractivity contribution in [3.63, 3.8) is 0 Å². The lowest BCUT2D eigenvalue weighted by molar-refractivity contribution is -0.417. The molecular formula is C6H13N2+. The highest BCUT2D eigenvalue weighted by atomic mass is 14.9. The van der Waals surface area contributed by atoms with E-state index in [2.05, 4.69) is 5.32 Å². The Morgan fingerprint density at radius 1 is 1.50 bits per heavy atom. The summed E-state index contributed by atoms with van der Waals surface area (Å²) < 4.78 is 1.97. The van der Waals surface area contributed by atoms with Crippen molar-refractivity contribution in [1.82, 2.24) is 5.32 Å². The molecule has 0 saturated heterocycles. The molecule has 0 rings (SSSR count). The normalized spacial score (nSPS) is 12.6. The van der Waals surface area contributed by atoms with Crippen LogP contribution in [0.5, 0.6) is 0 Å². The van der Waals surface area contributed by atoms with Crippen molar-refractivity contribution in [2.24, 2.45) is 0 Å². The van der Waals surface area contributed by atoms with Gasteiger partial charge in [0.2, 0.25) is 0 Å². The van der Waals surface area contributed by atoms with Gasteiger partial charge in [0.1, 0.15) is 13.3 Å². The van der Waals surface area contributed by atoms with Crippen LogP contribution in [-0.4, -0.2) is 24.9 Å². The Bertz CT molecular complexity index is 103. The van der Waals surface area contributed by atoms with Crippen LogP contribution < -0.4 is 5.32 Å². The highest BCUT2D eigenvalue weighted by Crippen LogP contribution is 1.65. The van der Waals surface area contributed by atoms with Gasteiger partial charge in [-0.05, 0) is 0 Å². The van der Waals surface area contributed by atoms with E-state index in [4.69, 9.17) is 0 Å². The lowest BCUT2D eigenvalue weighted by atomic mass is 10.7. The highest BCUT2D eigenvalue weighted by molar-refractivity contribution is 5.46. The first-order chi connectivity index (χ1) is 3.81. The number of hydrogen-bond donors (Lipinski definition) is 1. The van der Waals surface area contributed by atoms with Gasteiger partial charge in [0.15, 0.2) is 6.20 Å². The molecular weight excluding hydrogens is 100 g/mol. The molecule has 1 N–H and O–H groups in total. The third-order valence-electron chi connectivity index (χ3n) is 0.884. The van der Waals surface area contributed by atoms with E-state index in [9.17, 15) is 0 Å². The molecule has 0 unspecified atom stereocenters. The summed E-state index contributed by atoms with van der Waals surface area (Å²) >= 11 is 0. The highest BCUT2D eigenvalue weighted by Gasteiger charge is 1.77. The van der Waals surface area contributed by atoms with E-state index < -0.39 is 0 Å². The summed E-state index contributed by atoms with van der Waals surface area (Å²) in [5.74, 6) is 0. The molecule has 0 heterocycles. The van der Waals surface area contributed by atoms with Crippen LogP contribution in [-0.2, 0) is 0 Å². The molecule has 2 heteroatoms. The molecule has 0 saturated carbocycles. The Hall–Kier alpha value is -0.790. The minimum atomic E-state index is 1.88. The van der Waals surface area contributed by atoms with Gasteiger partial charge in [-0.2, -0.15) is 0 Å². The summed E-state index contributed by atoms with van der Waals surface area (Å²) in [6, 6.07) is 0. The van der Waals surface area contributed by atoms with E-state index in [0.29, 0.717) is 0 Å².